The lowest BCUT2D eigenvalue weighted by atomic mass is 10.1. The Kier molecular flexibility index (Phi) is 1.97. The summed E-state index contributed by atoms with van der Waals surface area (Å²) in [6.45, 7) is 2.04. The van der Waals surface area contributed by atoms with Gasteiger partial charge in [-0.15, -0.1) is 0 Å². The lowest BCUT2D eigenvalue weighted by molar-refractivity contribution is 0.637. The Bertz CT molecular complexity index is 400. The van der Waals surface area contributed by atoms with E-state index in [0.717, 1.165) is 17.9 Å². The molecular weight excluding hydrogens is 186 g/mol. The fourth-order valence-corrected chi connectivity index (χ4v) is 2.71. The molecule has 3 heteroatoms. The highest BCUT2D eigenvalue weighted by Gasteiger charge is 2.35. The van der Waals surface area contributed by atoms with Gasteiger partial charge in [0.15, 0.2) is 5.82 Å². The molecule has 2 unspecified atom stereocenters. The molecule has 1 aromatic heterocycles. The van der Waals surface area contributed by atoms with Crippen LogP contribution in [0.1, 0.15) is 25.0 Å². The van der Waals surface area contributed by atoms with E-state index in [2.05, 4.69) is 27.0 Å². The molecule has 2 bridgehead atoms. The molecule has 0 aliphatic carbocycles. The molecule has 1 fully saturated rings. The summed E-state index contributed by atoms with van der Waals surface area (Å²) in [5.74, 6) is 1.08. The van der Waals surface area contributed by atoms with E-state index in [1.807, 2.05) is 6.92 Å². The molecule has 3 heterocycles. The summed E-state index contributed by atoms with van der Waals surface area (Å²) >= 11 is 0. The monoisotopic (exact) mass is 201 g/mol. The van der Waals surface area contributed by atoms with Crippen molar-refractivity contribution in [1.82, 2.24) is 9.97 Å². The molecule has 78 valence electrons. The predicted octanol–water partition coefficient (Wildman–Crippen LogP) is 2.08. The minimum absolute atomic E-state index is 0.555. The van der Waals surface area contributed by atoms with Crippen molar-refractivity contribution in [3.8, 4) is 0 Å². The van der Waals surface area contributed by atoms with Crippen molar-refractivity contribution in [2.45, 2.75) is 38.3 Å². The van der Waals surface area contributed by atoms with Gasteiger partial charge in [0, 0.05) is 24.5 Å². The molecule has 0 spiro atoms. The van der Waals surface area contributed by atoms with Gasteiger partial charge in [-0.25, -0.2) is 4.98 Å². The number of hydrogen-bond acceptors (Lipinski definition) is 3. The van der Waals surface area contributed by atoms with Crippen LogP contribution in [-0.4, -0.2) is 22.1 Å². The van der Waals surface area contributed by atoms with Crippen molar-refractivity contribution >= 4 is 5.82 Å². The SMILES string of the molecule is Cc1nccnc1N1C2C=CCC1CC2. The van der Waals surface area contributed by atoms with Crippen LogP contribution < -0.4 is 4.90 Å². The van der Waals surface area contributed by atoms with Gasteiger partial charge in [0.25, 0.3) is 0 Å². The maximum Gasteiger partial charge on any atom is 0.150 e. The third-order valence-electron chi connectivity index (χ3n) is 3.41. The smallest absolute Gasteiger partial charge is 0.150 e. The molecule has 0 N–H and O–H groups in total. The second-order valence-electron chi connectivity index (χ2n) is 4.34. The number of fused-ring (bicyclic) bond motifs is 2. The molecule has 0 amide bonds. The molecule has 1 saturated heterocycles. The highest BCUT2D eigenvalue weighted by atomic mass is 15.3. The van der Waals surface area contributed by atoms with Crippen LogP contribution in [0.2, 0.25) is 0 Å². The summed E-state index contributed by atoms with van der Waals surface area (Å²) < 4.78 is 0. The number of aryl methyl sites for hydroxylation is 1. The van der Waals surface area contributed by atoms with Gasteiger partial charge in [-0.05, 0) is 26.2 Å². The average molecular weight is 201 g/mol. The summed E-state index contributed by atoms with van der Waals surface area (Å²) in [5.41, 5.74) is 1.05. The van der Waals surface area contributed by atoms with E-state index in [1.54, 1.807) is 12.4 Å². The maximum atomic E-state index is 4.47. The largest absolute Gasteiger partial charge is 0.345 e. The Morgan fingerprint density at radius 2 is 2.13 bits per heavy atom. The van der Waals surface area contributed by atoms with E-state index in [1.165, 1.54) is 12.8 Å². The van der Waals surface area contributed by atoms with Crippen LogP contribution in [0.15, 0.2) is 24.5 Å². The molecule has 2 atom stereocenters. The van der Waals surface area contributed by atoms with Crippen molar-refractivity contribution < 1.29 is 0 Å². The standard InChI is InChI=1S/C12H15N3/c1-9-12(14-8-7-13-9)15-10-3-2-4-11(15)6-5-10/h2-3,7-8,10-11H,4-6H2,1H3. The summed E-state index contributed by atoms with van der Waals surface area (Å²) in [5, 5.41) is 0. The zero-order valence-electron chi connectivity index (χ0n) is 8.93. The number of nitrogens with zero attached hydrogens (tertiary/aromatic N) is 3. The van der Waals surface area contributed by atoms with Crippen LogP contribution in [0, 0.1) is 6.92 Å². The summed E-state index contributed by atoms with van der Waals surface area (Å²) in [6, 6.07) is 1.20. The van der Waals surface area contributed by atoms with Crippen LogP contribution in [0.5, 0.6) is 0 Å². The first-order valence-corrected chi connectivity index (χ1v) is 5.59. The Hall–Kier alpha value is -1.38. The third-order valence-corrected chi connectivity index (χ3v) is 3.41. The van der Waals surface area contributed by atoms with Crippen molar-refractivity contribution in [1.29, 1.82) is 0 Å². The average Bonchev–Trinajstić information content (AvgIpc) is 2.50. The van der Waals surface area contributed by atoms with E-state index in [-0.39, 0.29) is 0 Å². The van der Waals surface area contributed by atoms with Gasteiger partial charge < -0.3 is 4.90 Å². The van der Waals surface area contributed by atoms with E-state index in [0.29, 0.717) is 12.1 Å². The van der Waals surface area contributed by atoms with Crippen LogP contribution >= 0.6 is 0 Å². The highest BCUT2D eigenvalue weighted by molar-refractivity contribution is 5.49. The van der Waals surface area contributed by atoms with Gasteiger partial charge in [-0.3, -0.25) is 4.98 Å². The second-order valence-corrected chi connectivity index (χ2v) is 4.34. The normalized spacial score (nSPS) is 28.5. The first-order valence-electron chi connectivity index (χ1n) is 5.59. The van der Waals surface area contributed by atoms with Gasteiger partial charge in [0.05, 0.1) is 5.69 Å². The van der Waals surface area contributed by atoms with E-state index in [4.69, 9.17) is 0 Å². The van der Waals surface area contributed by atoms with Gasteiger partial charge in [-0.1, -0.05) is 12.2 Å². The molecule has 3 rings (SSSR count). The minimum atomic E-state index is 0.555. The fourth-order valence-electron chi connectivity index (χ4n) is 2.71. The zero-order valence-corrected chi connectivity index (χ0v) is 8.93. The summed E-state index contributed by atoms with van der Waals surface area (Å²) in [6.07, 6.45) is 11.9. The van der Waals surface area contributed by atoms with Crippen LogP contribution in [-0.2, 0) is 0 Å². The minimum Gasteiger partial charge on any atom is -0.345 e. The van der Waals surface area contributed by atoms with Gasteiger partial charge in [0.2, 0.25) is 0 Å². The Labute approximate surface area is 89.8 Å². The Morgan fingerprint density at radius 1 is 1.27 bits per heavy atom. The molecule has 3 nitrogen and oxygen atoms in total. The number of rotatable bonds is 1. The molecule has 15 heavy (non-hydrogen) atoms. The van der Waals surface area contributed by atoms with Crippen LogP contribution in [0.4, 0.5) is 5.82 Å². The second kappa shape index (κ2) is 3.33. The van der Waals surface area contributed by atoms with Crippen molar-refractivity contribution in [2.75, 3.05) is 4.90 Å². The van der Waals surface area contributed by atoms with Gasteiger partial charge >= 0.3 is 0 Å². The van der Waals surface area contributed by atoms with Crippen LogP contribution in [0.3, 0.4) is 0 Å². The van der Waals surface area contributed by atoms with Crippen molar-refractivity contribution in [3.05, 3.63) is 30.2 Å². The highest BCUT2D eigenvalue weighted by Crippen LogP contribution is 2.35. The molecule has 0 saturated carbocycles. The molecular formula is C12H15N3. The summed E-state index contributed by atoms with van der Waals surface area (Å²) in [4.78, 5) is 11.2. The lowest BCUT2D eigenvalue weighted by Gasteiger charge is -2.33. The molecule has 1 aromatic rings. The Balaban J connectivity index is 2.01. The molecule has 2 aliphatic heterocycles. The first kappa shape index (κ1) is 8.89. The number of hydrogen-bond donors (Lipinski definition) is 0. The maximum absolute atomic E-state index is 4.47. The van der Waals surface area contributed by atoms with Gasteiger partial charge in [0.1, 0.15) is 0 Å². The molecule has 0 radical (unpaired) electrons. The van der Waals surface area contributed by atoms with E-state index >= 15 is 0 Å². The summed E-state index contributed by atoms with van der Waals surface area (Å²) in [7, 11) is 0. The van der Waals surface area contributed by atoms with E-state index in [9.17, 15) is 0 Å². The number of anilines is 1. The number of aromatic nitrogens is 2. The molecule has 0 aromatic carbocycles. The predicted molar refractivity (Wildman–Crippen MR) is 59.8 cm³/mol. The third kappa shape index (κ3) is 1.34. The van der Waals surface area contributed by atoms with Crippen LogP contribution in [0.25, 0.3) is 0 Å². The van der Waals surface area contributed by atoms with E-state index < -0.39 is 0 Å². The Morgan fingerprint density at radius 3 is 2.93 bits per heavy atom. The lowest BCUT2D eigenvalue weighted by Crippen LogP contribution is -2.38. The molecule has 2 aliphatic rings. The van der Waals surface area contributed by atoms with Crippen molar-refractivity contribution in [3.63, 3.8) is 0 Å². The topological polar surface area (TPSA) is 29.0 Å². The van der Waals surface area contributed by atoms with Crippen molar-refractivity contribution in [2.24, 2.45) is 0 Å². The van der Waals surface area contributed by atoms with Gasteiger partial charge in [-0.2, -0.15) is 0 Å². The quantitative estimate of drug-likeness (QED) is 0.651. The fraction of sp³-hybridized carbons (Fsp3) is 0.500. The zero-order chi connectivity index (χ0) is 10.3. The first-order chi connectivity index (χ1) is 7.36.